The van der Waals surface area contributed by atoms with Crippen molar-refractivity contribution in [1.29, 1.82) is 0 Å². The van der Waals surface area contributed by atoms with E-state index in [9.17, 15) is 13.6 Å². The first-order valence-corrected chi connectivity index (χ1v) is 16.0. The number of fused-ring (bicyclic) bond motifs is 1. The predicted molar refractivity (Wildman–Crippen MR) is 178 cm³/mol. The van der Waals surface area contributed by atoms with Gasteiger partial charge in [-0.1, -0.05) is 55.8 Å². The summed E-state index contributed by atoms with van der Waals surface area (Å²) in [6, 6.07) is 17.3. The van der Waals surface area contributed by atoms with Crippen molar-refractivity contribution in [3.05, 3.63) is 71.5 Å². The molecular weight excluding hydrogens is 576 g/mol. The van der Waals surface area contributed by atoms with Gasteiger partial charge in [0.2, 0.25) is 11.9 Å². The molecule has 2 aliphatic rings. The summed E-state index contributed by atoms with van der Waals surface area (Å²) in [5.41, 5.74) is 3.42. The number of carbonyl (C=O) groups excluding carboxylic acids is 1. The fourth-order valence-corrected chi connectivity index (χ4v) is 5.86. The van der Waals surface area contributed by atoms with Crippen LogP contribution in [0, 0.1) is 6.92 Å². The molecule has 1 saturated heterocycles. The summed E-state index contributed by atoms with van der Waals surface area (Å²) in [6.45, 7) is 8.49. The van der Waals surface area contributed by atoms with Crippen molar-refractivity contribution in [3.8, 4) is 5.82 Å². The fourth-order valence-electron chi connectivity index (χ4n) is 5.86. The normalized spacial score (nSPS) is 18.4. The average molecular weight is 624 g/mol. The van der Waals surface area contributed by atoms with E-state index in [-0.39, 0.29) is 26.7 Å². The minimum Gasteiger partial charge on any atom is -0.378 e. The van der Waals surface area contributed by atoms with Gasteiger partial charge < -0.3 is 20.3 Å². The molecular formula is C34H47F2N7O2. The van der Waals surface area contributed by atoms with Crippen molar-refractivity contribution in [2.45, 2.75) is 77.8 Å². The highest BCUT2D eigenvalue weighted by atomic mass is 19.3. The van der Waals surface area contributed by atoms with E-state index >= 15 is 0 Å². The SMILES string of the molecule is CC.Cc1ccc(CCC(=O)NC2CCC(Nc3nc(N4CCOCC4)cc(-n4c(C(F)F)nc5ccccc54)n3)CC2)cc1.[HH].[HH]. The van der Waals surface area contributed by atoms with Crippen molar-refractivity contribution in [2.75, 3.05) is 36.5 Å². The molecule has 1 aliphatic carbocycles. The van der Waals surface area contributed by atoms with Crippen LogP contribution in [0.2, 0.25) is 0 Å². The summed E-state index contributed by atoms with van der Waals surface area (Å²) >= 11 is 0. The van der Waals surface area contributed by atoms with Gasteiger partial charge in [0.1, 0.15) is 11.6 Å². The third kappa shape index (κ3) is 8.13. The first kappa shape index (κ1) is 32.3. The number of aromatic nitrogens is 4. The molecule has 45 heavy (non-hydrogen) atoms. The largest absolute Gasteiger partial charge is 0.378 e. The van der Waals surface area contributed by atoms with Crippen molar-refractivity contribution in [2.24, 2.45) is 0 Å². The number of alkyl halides is 2. The Morgan fingerprint density at radius 1 is 0.956 bits per heavy atom. The van der Waals surface area contributed by atoms with Crippen LogP contribution in [0.15, 0.2) is 54.6 Å². The van der Waals surface area contributed by atoms with Gasteiger partial charge in [-0.05, 0) is 56.7 Å². The van der Waals surface area contributed by atoms with E-state index in [1.807, 2.05) is 13.8 Å². The number of hydrogen-bond acceptors (Lipinski definition) is 7. The van der Waals surface area contributed by atoms with Gasteiger partial charge >= 0.3 is 0 Å². The van der Waals surface area contributed by atoms with Gasteiger partial charge in [0.05, 0.1) is 24.2 Å². The molecule has 11 heteroatoms. The Balaban J connectivity index is 0.00000147. The maximum atomic E-state index is 14.2. The van der Waals surface area contributed by atoms with Crippen LogP contribution in [0.3, 0.4) is 0 Å². The standard InChI is InChI=1S/C32H37F2N7O2.C2H6.2H2/c1-21-6-8-22(9-7-21)10-15-29(42)35-23-11-13-24(14-12-23)36-32-38-27(40-16-18-43-19-17-40)20-28(39-32)41-26-5-3-2-4-25(26)37-31(41)30(33)34;1-2;;/h2-9,20,23-24,30H,10-19H2,1H3,(H,35,42)(H,36,38,39);1-2H3;2*1H. The van der Waals surface area contributed by atoms with Crippen molar-refractivity contribution >= 4 is 28.7 Å². The lowest BCUT2D eigenvalue weighted by molar-refractivity contribution is -0.122. The molecule has 3 heterocycles. The Morgan fingerprint density at radius 2 is 1.62 bits per heavy atom. The van der Waals surface area contributed by atoms with E-state index in [1.165, 1.54) is 10.1 Å². The molecule has 2 aromatic heterocycles. The van der Waals surface area contributed by atoms with E-state index in [2.05, 4.69) is 51.7 Å². The van der Waals surface area contributed by atoms with E-state index < -0.39 is 6.43 Å². The molecule has 0 radical (unpaired) electrons. The Hall–Kier alpha value is -4.12. The molecule has 4 aromatic rings. The Kier molecular flexibility index (Phi) is 10.9. The van der Waals surface area contributed by atoms with E-state index in [0.717, 1.165) is 37.7 Å². The zero-order valence-electron chi connectivity index (χ0n) is 26.3. The molecule has 0 bridgehead atoms. The number of imidazole rings is 1. The Labute approximate surface area is 266 Å². The minimum absolute atomic E-state index is 0. The Bertz CT molecular complexity index is 1560. The van der Waals surface area contributed by atoms with Gasteiger partial charge in [0.15, 0.2) is 5.82 Å². The molecule has 2 N–H and O–H groups in total. The van der Waals surface area contributed by atoms with Crippen LogP contribution >= 0.6 is 0 Å². The molecule has 6 rings (SSSR count). The quantitative estimate of drug-likeness (QED) is 0.210. The Morgan fingerprint density at radius 3 is 2.33 bits per heavy atom. The van der Waals surface area contributed by atoms with Crippen LogP contribution in [-0.4, -0.2) is 63.8 Å². The van der Waals surface area contributed by atoms with E-state index in [0.29, 0.717) is 61.3 Å². The third-order valence-corrected chi connectivity index (χ3v) is 8.23. The molecule has 1 amide bonds. The number of nitrogens with one attached hydrogen (secondary N) is 2. The van der Waals surface area contributed by atoms with Gasteiger partial charge in [-0.25, -0.2) is 13.8 Å². The van der Waals surface area contributed by atoms with Crippen molar-refractivity contribution in [1.82, 2.24) is 24.8 Å². The number of benzene rings is 2. The number of amides is 1. The molecule has 0 atom stereocenters. The van der Waals surface area contributed by atoms with Gasteiger partial charge in [-0.15, -0.1) is 0 Å². The second-order valence-corrected chi connectivity index (χ2v) is 11.3. The summed E-state index contributed by atoms with van der Waals surface area (Å²) in [5.74, 6) is 1.12. The highest BCUT2D eigenvalue weighted by Crippen LogP contribution is 2.30. The molecule has 9 nitrogen and oxygen atoms in total. The summed E-state index contributed by atoms with van der Waals surface area (Å²) in [4.78, 5) is 28.4. The number of hydrogen-bond donors (Lipinski definition) is 2. The molecule has 1 aliphatic heterocycles. The zero-order valence-corrected chi connectivity index (χ0v) is 26.3. The average Bonchev–Trinajstić information content (AvgIpc) is 3.47. The van der Waals surface area contributed by atoms with Crippen LogP contribution in [-0.2, 0) is 16.0 Å². The highest BCUT2D eigenvalue weighted by molar-refractivity contribution is 5.78. The van der Waals surface area contributed by atoms with E-state index in [1.54, 1.807) is 30.3 Å². The minimum atomic E-state index is -2.77. The lowest BCUT2D eigenvalue weighted by Gasteiger charge is -2.31. The van der Waals surface area contributed by atoms with Gasteiger partial charge in [-0.2, -0.15) is 9.97 Å². The van der Waals surface area contributed by atoms with Crippen LogP contribution in [0.1, 0.15) is 72.2 Å². The smallest absolute Gasteiger partial charge is 0.296 e. The number of rotatable bonds is 9. The van der Waals surface area contributed by atoms with Crippen LogP contribution in [0.25, 0.3) is 16.9 Å². The number of nitrogens with zero attached hydrogens (tertiary/aromatic N) is 5. The van der Waals surface area contributed by atoms with Crippen molar-refractivity contribution in [3.63, 3.8) is 0 Å². The molecule has 2 fully saturated rings. The predicted octanol–water partition coefficient (Wildman–Crippen LogP) is 6.89. The molecule has 1 saturated carbocycles. The summed E-state index contributed by atoms with van der Waals surface area (Å²) in [7, 11) is 0. The van der Waals surface area contributed by atoms with E-state index in [4.69, 9.17) is 14.7 Å². The topological polar surface area (TPSA) is 97.2 Å². The summed E-state index contributed by atoms with van der Waals surface area (Å²) in [5, 5.41) is 6.67. The van der Waals surface area contributed by atoms with Crippen LogP contribution in [0.5, 0.6) is 0 Å². The number of carbonyl (C=O) groups is 1. The number of ether oxygens (including phenoxy) is 1. The van der Waals surface area contributed by atoms with Gasteiger partial charge in [0, 0.05) is 40.5 Å². The van der Waals surface area contributed by atoms with Crippen LogP contribution < -0.4 is 15.5 Å². The summed E-state index contributed by atoms with van der Waals surface area (Å²) in [6.07, 6.45) is 1.77. The second-order valence-electron chi connectivity index (χ2n) is 11.3. The molecule has 2 aromatic carbocycles. The number of para-hydroxylation sites is 2. The number of anilines is 2. The lowest BCUT2D eigenvalue weighted by Crippen LogP contribution is -2.40. The second kappa shape index (κ2) is 15.2. The first-order valence-electron chi connectivity index (χ1n) is 16.0. The number of halogens is 2. The maximum absolute atomic E-state index is 14.2. The van der Waals surface area contributed by atoms with Crippen LogP contribution in [0.4, 0.5) is 20.5 Å². The maximum Gasteiger partial charge on any atom is 0.296 e. The summed E-state index contributed by atoms with van der Waals surface area (Å²) < 4.78 is 35.3. The zero-order chi connectivity index (χ0) is 31.8. The molecule has 244 valence electrons. The number of aryl methyl sites for hydroxylation is 2. The first-order chi connectivity index (χ1) is 21.9. The lowest BCUT2D eigenvalue weighted by atomic mass is 9.91. The fraction of sp³-hybridized carbons (Fsp3) is 0.471. The monoisotopic (exact) mass is 623 g/mol. The van der Waals surface area contributed by atoms with Gasteiger partial charge in [0.25, 0.3) is 6.43 Å². The van der Waals surface area contributed by atoms with Gasteiger partial charge in [-0.3, -0.25) is 9.36 Å². The van der Waals surface area contributed by atoms with Crippen molar-refractivity contribution < 1.29 is 21.2 Å². The highest BCUT2D eigenvalue weighted by Gasteiger charge is 2.26. The molecule has 0 spiro atoms. The number of morpholine rings is 1. The third-order valence-electron chi connectivity index (χ3n) is 8.23. The molecule has 0 unspecified atom stereocenters.